The normalized spacial score (nSPS) is 13.2. The van der Waals surface area contributed by atoms with Crippen molar-refractivity contribution in [2.75, 3.05) is 0 Å². The number of aromatic nitrogens is 1. The van der Waals surface area contributed by atoms with E-state index in [1.54, 1.807) is 0 Å². The second kappa shape index (κ2) is 10.9. The first-order valence-electron chi connectivity index (χ1n) is 14.2. The van der Waals surface area contributed by atoms with Crippen LogP contribution in [-0.4, -0.2) is 4.98 Å². The molecule has 200 valence electrons. The van der Waals surface area contributed by atoms with E-state index in [0.29, 0.717) is 0 Å². The summed E-state index contributed by atoms with van der Waals surface area (Å²) in [4.78, 5) is 3.67. The van der Waals surface area contributed by atoms with Crippen LogP contribution < -0.4 is 0 Å². The van der Waals surface area contributed by atoms with Crippen LogP contribution in [0.1, 0.15) is 61.4 Å². The van der Waals surface area contributed by atoms with Crippen molar-refractivity contribution in [3.8, 4) is 11.1 Å². The lowest BCUT2D eigenvalue weighted by Gasteiger charge is -2.13. The van der Waals surface area contributed by atoms with E-state index in [9.17, 15) is 0 Å². The largest absolute Gasteiger partial charge is 0.455 e. The summed E-state index contributed by atoms with van der Waals surface area (Å²) in [5, 5.41) is 2.30. The lowest BCUT2D eigenvalue weighted by Crippen LogP contribution is -1.91. The van der Waals surface area contributed by atoms with E-state index in [4.69, 9.17) is 4.42 Å². The highest BCUT2D eigenvalue weighted by Crippen LogP contribution is 2.40. The number of hydrogen-bond donors (Lipinski definition) is 1. The van der Waals surface area contributed by atoms with Crippen molar-refractivity contribution in [2.24, 2.45) is 0 Å². The number of benzene rings is 3. The highest BCUT2D eigenvalue weighted by molar-refractivity contribution is 6.11. The molecule has 2 heteroatoms. The molecule has 0 spiro atoms. The third-order valence-electron chi connectivity index (χ3n) is 7.83. The van der Waals surface area contributed by atoms with E-state index >= 15 is 0 Å². The van der Waals surface area contributed by atoms with Crippen LogP contribution in [0.25, 0.3) is 56.9 Å². The summed E-state index contributed by atoms with van der Waals surface area (Å²) < 4.78 is 6.73. The molecular weight excluding hydrogens is 486 g/mol. The summed E-state index contributed by atoms with van der Waals surface area (Å²) in [6.45, 7) is 10.7. The van der Waals surface area contributed by atoms with Crippen LogP contribution in [-0.2, 0) is 19.3 Å². The predicted octanol–water partition coefficient (Wildman–Crippen LogP) is 10.8. The zero-order chi connectivity index (χ0) is 27.6. The molecule has 2 nitrogen and oxygen atoms in total. The number of hydrogen-bond acceptors (Lipinski definition) is 1. The lowest BCUT2D eigenvalue weighted by atomic mass is 9.90. The standard InChI is InChI=1S/C38H35NO.H2/c1-5-14-26-15-10-19-30(36(26)25(3)4)31-21-13-22-33-32-20-11-16-27(37(32)40-38(31)33)17-12-24-34-28(6-2)29-18-8-7-9-23-35(29)39-34;/h5,7-16,18-22,24,39H,3,6,17,23H2,1-2,4H3;1H/b14-5-,24-12-;. The van der Waals surface area contributed by atoms with Crippen molar-refractivity contribution >= 4 is 45.7 Å². The summed E-state index contributed by atoms with van der Waals surface area (Å²) in [7, 11) is 0. The van der Waals surface area contributed by atoms with Crippen molar-refractivity contribution in [2.45, 2.75) is 40.0 Å². The van der Waals surface area contributed by atoms with E-state index in [1.165, 1.54) is 33.6 Å². The second-order valence-electron chi connectivity index (χ2n) is 10.5. The minimum absolute atomic E-state index is 0. The molecule has 0 unspecified atom stereocenters. The Bertz CT molecular complexity index is 1870. The maximum Gasteiger partial charge on any atom is 0.143 e. The second-order valence-corrected chi connectivity index (χ2v) is 10.5. The Morgan fingerprint density at radius 2 is 1.75 bits per heavy atom. The first-order chi connectivity index (χ1) is 19.6. The molecule has 1 aliphatic rings. The van der Waals surface area contributed by atoms with Gasteiger partial charge >= 0.3 is 0 Å². The van der Waals surface area contributed by atoms with Crippen molar-refractivity contribution in [3.05, 3.63) is 131 Å². The Labute approximate surface area is 238 Å². The Kier molecular flexibility index (Phi) is 7.00. The fourth-order valence-electron chi connectivity index (χ4n) is 6.08. The number of rotatable bonds is 7. The SMILES string of the molecule is C=C(C)c1c(/C=C\C)cccc1-c1cccc2c1oc1c(C/C=C\c3[nH]c4c(c3CC)C=CC=CC4)cccc12.[HH]. The third-order valence-corrected chi connectivity index (χ3v) is 7.83. The van der Waals surface area contributed by atoms with Gasteiger partial charge in [0.2, 0.25) is 0 Å². The molecule has 0 radical (unpaired) electrons. The topological polar surface area (TPSA) is 28.9 Å². The van der Waals surface area contributed by atoms with Crippen LogP contribution in [0.5, 0.6) is 0 Å². The van der Waals surface area contributed by atoms with Crippen molar-refractivity contribution in [3.63, 3.8) is 0 Å². The molecule has 0 atom stereocenters. The van der Waals surface area contributed by atoms with Crippen LogP contribution in [0.2, 0.25) is 0 Å². The van der Waals surface area contributed by atoms with Crippen LogP contribution in [0.3, 0.4) is 0 Å². The molecule has 40 heavy (non-hydrogen) atoms. The zero-order valence-electron chi connectivity index (χ0n) is 23.6. The summed E-state index contributed by atoms with van der Waals surface area (Å²) in [5.41, 5.74) is 13.9. The molecule has 1 N–H and O–H groups in total. The Balaban J connectivity index is 0.00000337. The van der Waals surface area contributed by atoms with Gasteiger partial charge in [-0.05, 0) is 71.7 Å². The van der Waals surface area contributed by atoms with Gasteiger partial charge in [0.1, 0.15) is 11.2 Å². The fraction of sp³-hybridized carbons (Fsp3) is 0.158. The summed E-state index contributed by atoms with van der Waals surface area (Å²) >= 11 is 0. The first kappa shape index (κ1) is 25.7. The average molecular weight is 524 g/mol. The summed E-state index contributed by atoms with van der Waals surface area (Å²) in [6, 6.07) is 19.4. The molecule has 3 aromatic carbocycles. The maximum atomic E-state index is 6.73. The minimum atomic E-state index is 0. The van der Waals surface area contributed by atoms with Gasteiger partial charge in [-0.1, -0.05) is 111 Å². The Hall–Kier alpha value is -4.56. The predicted molar refractivity (Wildman–Crippen MR) is 175 cm³/mol. The Morgan fingerprint density at radius 3 is 2.55 bits per heavy atom. The van der Waals surface area contributed by atoms with Gasteiger partial charge in [0.05, 0.1) is 0 Å². The molecule has 0 saturated carbocycles. The van der Waals surface area contributed by atoms with Crippen molar-refractivity contribution in [1.82, 2.24) is 4.98 Å². The number of fused-ring (bicyclic) bond motifs is 4. The number of aromatic amines is 1. The summed E-state index contributed by atoms with van der Waals surface area (Å²) in [5.74, 6) is 0. The molecular formula is C38H37NO. The van der Waals surface area contributed by atoms with Gasteiger partial charge in [0, 0.05) is 35.6 Å². The highest BCUT2D eigenvalue weighted by Gasteiger charge is 2.18. The monoisotopic (exact) mass is 523 g/mol. The Morgan fingerprint density at radius 1 is 0.975 bits per heavy atom. The van der Waals surface area contributed by atoms with Gasteiger partial charge in [-0.25, -0.2) is 0 Å². The number of nitrogens with one attached hydrogen (secondary N) is 1. The minimum Gasteiger partial charge on any atom is -0.455 e. The van der Waals surface area contributed by atoms with Crippen LogP contribution >= 0.6 is 0 Å². The lowest BCUT2D eigenvalue weighted by molar-refractivity contribution is 0.665. The quantitative estimate of drug-likeness (QED) is 0.226. The van der Waals surface area contributed by atoms with E-state index in [2.05, 4.69) is 129 Å². The highest BCUT2D eigenvalue weighted by atomic mass is 16.3. The van der Waals surface area contributed by atoms with E-state index in [0.717, 1.165) is 63.5 Å². The molecule has 2 aromatic heterocycles. The third kappa shape index (κ3) is 4.50. The number of para-hydroxylation sites is 2. The summed E-state index contributed by atoms with van der Waals surface area (Å²) in [6.07, 6.45) is 20.2. The van der Waals surface area contributed by atoms with Crippen LogP contribution in [0.15, 0.2) is 96.0 Å². The van der Waals surface area contributed by atoms with Gasteiger partial charge in [0.25, 0.3) is 0 Å². The number of furan rings is 1. The van der Waals surface area contributed by atoms with Crippen LogP contribution in [0, 0.1) is 0 Å². The molecule has 2 heterocycles. The van der Waals surface area contributed by atoms with Gasteiger partial charge in [-0.15, -0.1) is 0 Å². The van der Waals surface area contributed by atoms with Gasteiger partial charge < -0.3 is 9.40 Å². The number of H-pyrrole nitrogens is 1. The van der Waals surface area contributed by atoms with Crippen molar-refractivity contribution < 1.29 is 5.84 Å². The maximum absolute atomic E-state index is 6.73. The smallest absolute Gasteiger partial charge is 0.143 e. The molecule has 0 fully saturated rings. The van der Waals surface area contributed by atoms with Gasteiger partial charge in [-0.2, -0.15) is 0 Å². The van der Waals surface area contributed by atoms with Gasteiger partial charge in [-0.3, -0.25) is 0 Å². The molecule has 0 saturated heterocycles. The van der Waals surface area contributed by atoms with Crippen LogP contribution in [0.4, 0.5) is 0 Å². The fourth-order valence-corrected chi connectivity index (χ4v) is 6.08. The van der Waals surface area contributed by atoms with Crippen molar-refractivity contribution in [1.29, 1.82) is 0 Å². The van der Waals surface area contributed by atoms with Gasteiger partial charge in [0.15, 0.2) is 0 Å². The molecule has 1 aliphatic carbocycles. The van der Waals surface area contributed by atoms with E-state index in [1.807, 2.05) is 6.92 Å². The molecule has 6 rings (SSSR count). The molecule has 0 aliphatic heterocycles. The molecule has 0 bridgehead atoms. The number of allylic oxidation sites excluding steroid dienone is 6. The van der Waals surface area contributed by atoms with E-state index < -0.39 is 0 Å². The first-order valence-corrected chi connectivity index (χ1v) is 14.2. The molecule has 0 amide bonds. The van der Waals surface area contributed by atoms with E-state index in [-0.39, 0.29) is 1.43 Å². The molecule has 5 aromatic rings. The average Bonchev–Trinajstić information content (AvgIpc) is 3.42. The zero-order valence-corrected chi connectivity index (χ0v) is 23.6.